The quantitative estimate of drug-likeness (QED) is 0.675. The molecule has 26 heavy (non-hydrogen) atoms. The van der Waals surface area contributed by atoms with Crippen LogP contribution in [0.15, 0.2) is 24.3 Å². The third-order valence-corrected chi connectivity index (χ3v) is 4.32. The molecular weight excluding hydrogens is 334 g/mol. The molecule has 7 heteroatoms. The molecule has 0 saturated heterocycles. The van der Waals surface area contributed by atoms with Crippen molar-refractivity contribution in [1.82, 2.24) is 10.3 Å². The highest BCUT2D eigenvalue weighted by atomic mass is 16.5. The Balaban J connectivity index is 1.81. The summed E-state index contributed by atoms with van der Waals surface area (Å²) in [6.45, 7) is 3.49. The average Bonchev–Trinajstić information content (AvgIpc) is 3.13. The first-order chi connectivity index (χ1) is 12.6. The summed E-state index contributed by atoms with van der Waals surface area (Å²) in [7, 11) is 0. The summed E-state index contributed by atoms with van der Waals surface area (Å²) in [5, 5.41) is 5.67. The molecule has 0 aliphatic carbocycles. The molecule has 4 rings (SSSR count). The van der Waals surface area contributed by atoms with Gasteiger partial charge in [0.25, 0.3) is 11.8 Å². The number of fused-ring (bicyclic) bond motifs is 2. The fraction of sp³-hybridized carbons (Fsp3) is 0.263. The summed E-state index contributed by atoms with van der Waals surface area (Å²) in [5.74, 6) is 0.258. The van der Waals surface area contributed by atoms with Crippen molar-refractivity contribution < 1.29 is 19.1 Å². The lowest BCUT2D eigenvalue weighted by atomic mass is 10.0. The lowest BCUT2D eigenvalue weighted by molar-refractivity contribution is -0.110. The number of anilines is 1. The van der Waals surface area contributed by atoms with Crippen LogP contribution in [0.3, 0.4) is 0 Å². The molecular formula is C19H19N3O4. The maximum absolute atomic E-state index is 12.5. The minimum Gasteiger partial charge on any atom is -0.491 e. The number of aromatic amines is 1. The predicted molar refractivity (Wildman–Crippen MR) is 97.1 cm³/mol. The third kappa shape index (κ3) is 3.09. The predicted octanol–water partition coefficient (Wildman–Crippen LogP) is 1.95. The average molecular weight is 353 g/mol. The zero-order valence-electron chi connectivity index (χ0n) is 14.3. The number of ether oxygens (including phenoxy) is 2. The van der Waals surface area contributed by atoms with Gasteiger partial charge in [0.1, 0.15) is 12.4 Å². The first kappa shape index (κ1) is 16.4. The molecule has 0 radical (unpaired) electrons. The molecule has 2 bridgehead atoms. The van der Waals surface area contributed by atoms with Gasteiger partial charge in [-0.05, 0) is 37.3 Å². The fourth-order valence-corrected chi connectivity index (χ4v) is 3.11. The molecule has 2 aromatic rings. The van der Waals surface area contributed by atoms with Gasteiger partial charge in [-0.15, -0.1) is 0 Å². The van der Waals surface area contributed by atoms with Gasteiger partial charge in [0.2, 0.25) is 0 Å². The molecule has 0 unspecified atom stereocenters. The van der Waals surface area contributed by atoms with Crippen LogP contribution in [0.1, 0.15) is 27.3 Å². The number of H-pyrrole nitrogens is 1. The van der Waals surface area contributed by atoms with Crippen LogP contribution in [-0.2, 0) is 9.53 Å². The molecule has 3 heterocycles. The van der Waals surface area contributed by atoms with E-state index in [2.05, 4.69) is 15.6 Å². The number of amides is 2. The molecule has 0 fully saturated rings. The second-order valence-corrected chi connectivity index (χ2v) is 6.22. The smallest absolute Gasteiger partial charge is 0.256 e. The molecule has 0 atom stereocenters. The standard InChI is InChI=1S/C19H19N3O4/c1-11-8-15-17(21-11)10-14-13-9-12(2-3-16(13)22-19(14)24)26-7-6-25-5-4-20-18(15)23/h2-3,8-10,21H,4-7H2,1H3,(H,20,23)(H,22,24)/b14-10-. The Hall–Kier alpha value is -3.06. The molecule has 7 nitrogen and oxygen atoms in total. The van der Waals surface area contributed by atoms with Crippen LogP contribution in [0.25, 0.3) is 11.6 Å². The van der Waals surface area contributed by atoms with E-state index >= 15 is 0 Å². The number of nitrogens with one attached hydrogen (secondary N) is 3. The molecule has 134 valence electrons. The normalized spacial score (nSPS) is 19.2. The highest BCUT2D eigenvalue weighted by molar-refractivity contribution is 6.35. The van der Waals surface area contributed by atoms with E-state index in [1.165, 1.54) is 0 Å². The van der Waals surface area contributed by atoms with Crippen molar-refractivity contribution in [3.8, 4) is 5.75 Å². The SMILES string of the molecule is Cc1cc2c([nH]1)/C=C1\C(=O)Nc3ccc(cc31)OCCOCCNC2=O. The topological polar surface area (TPSA) is 92.5 Å². The number of benzene rings is 1. The van der Waals surface area contributed by atoms with Crippen LogP contribution in [0, 0.1) is 6.92 Å². The molecule has 2 amide bonds. The van der Waals surface area contributed by atoms with E-state index in [1.54, 1.807) is 12.1 Å². The van der Waals surface area contributed by atoms with Crippen molar-refractivity contribution in [2.45, 2.75) is 6.92 Å². The van der Waals surface area contributed by atoms with E-state index < -0.39 is 0 Å². The van der Waals surface area contributed by atoms with E-state index in [4.69, 9.17) is 9.47 Å². The number of hydrogen-bond donors (Lipinski definition) is 3. The minimum absolute atomic E-state index is 0.205. The van der Waals surface area contributed by atoms with E-state index in [9.17, 15) is 9.59 Å². The molecule has 0 saturated carbocycles. The lowest BCUT2D eigenvalue weighted by Gasteiger charge is -2.08. The summed E-state index contributed by atoms with van der Waals surface area (Å²) in [6.07, 6.45) is 1.71. The first-order valence-electron chi connectivity index (χ1n) is 8.47. The number of hydrogen-bond acceptors (Lipinski definition) is 4. The van der Waals surface area contributed by atoms with Gasteiger partial charge in [-0.3, -0.25) is 9.59 Å². The van der Waals surface area contributed by atoms with Crippen LogP contribution >= 0.6 is 0 Å². The van der Waals surface area contributed by atoms with Crippen molar-refractivity contribution in [1.29, 1.82) is 0 Å². The summed E-state index contributed by atoms with van der Waals surface area (Å²) in [6, 6.07) is 7.23. The first-order valence-corrected chi connectivity index (χ1v) is 8.47. The van der Waals surface area contributed by atoms with Gasteiger partial charge in [-0.25, -0.2) is 0 Å². The zero-order valence-corrected chi connectivity index (χ0v) is 14.3. The number of carbonyl (C=O) groups excluding carboxylic acids is 2. The Labute approximate surface area is 150 Å². The van der Waals surface area contributed by atoms with Gasteiger partial charge >= 0.3 is 0 Å². The van der Waals surface area contributed by atoms with Crippen LogP contribution < -0.4 is 15.4 Å². The Kier molecular flexibility index (Phi) is 4.22. The van der Waals surface area contributed by atoms with Gasteiger partial charge in [-0.2, -0.15) is 0 Å². The van der Waals surface area contributed by atoms with Gasteiger partial charge in [-0.1, -0.05) is 0 Å². The van der Waals surface area contributed by atoms with Gasteiger partial charge in [0.15, 0.2) is 0 Å². The molecule has 3 N–H and O–H groups in total. The molecule has 0 spiro atoms. The summed E-state index contributed by atoms with van der Waals surface area (Å²) in [4.78, 5) is 28.1. The molecule has 1 aromatic heterocycles. The van der Waals surface area contributed by atoms with Gasteiger partial charge < -0.3 is 25.1 Å². The number of rotatable bonds is 0. The summed E-state index contributed by atoms with van der Waals surface area (Å²) in [5.41, 5.74) is 3.91. The van der Waals surface area contributed by atoms with Crippen LogP contribution in [0.2, 0.25) is 0 Å². The van der Waals surface area contributed by atoms with Crippen LogP contribution in [0.4, 0.5) is 5.69 Å². The van der Waals surface area contributed by atoms with Crippen molar-refractivity contribution in [2.24, 2.45) is 0 Å². The second-order valence-electron chi connectivity index (χ2n) is 6.22. The Morgan fingerprint density at radius 2 is 1.88 bits per heavy atom. The maximum Gasteiger partial charge on any atom is 0.256 e. The lowest BCUT2D eigenvalue weighted by Crippen LogP contribution is -2.28. The summed E-state index contributed by atoms with van der Waals surface area (Å²) < 4.78 is 11.2. The monoisotopic (exact) mass is 353 g/mol. The van der Waals surface area contributed by atoms with E-state index in [-0.39, 0.29) is 11.8 Å². The van der Waals surface area contributed by atoms with E-state index in [0.29, 0.717) is 48.9 Å². The van der Waals surface area contributed by atoms with E-state index in [0.717, 1.165) is 16.9 Å². The van der Waals surface area contributed by atoms with Crippen LogP contribution in [0.5, 0.6) is 5.75 Å². The van der Waals surface area contributed by atoms with Gasteiger partial charge in [0, 0.05) is 23.5 Å². The van der Waals surface area contributed by atoms with Crippen molar-refractivity contribution in [3.05, 3.63) is 46.8 Å². The minimum atomic E-state index is -0.205. The van der Waals surface area contributed by atoms with Crippen LogP contribution in [-0.4, -0.2) is 43.2 Å². The molecule has 1 aromatic carbocycles. The Morgan fingerprint density at radius 3 is 2.77 bits per heavy atom. The molecule has 2 aliphatic heterocycles. The van der Waals surface area contributed by atoms with Crippen molar-refractivity contribution in [2.75, 3.05) is 31.7 Å². The van der Waals surface area contributed by atoms with Crippen molar-refractivity contribution >= 4 is 29.2 Å². The highest BCUT2D eigenvalue weighted by Crippen LogP contribution is 2.36. The number of aryl methyl sites for hydroxylation is 1. The number of carbonyl (C=O) groups is 2. The van der Waals surface area contributed by atoms with Crippen molar-refractivity contribution in [3.63, 3.8) is 0 Å². The zero-order chi connectivity index (χ0) is 18.1. The largest absolute Gasteiger partial charge is 0.491 e. The Morgan fingerprint density at radius 1 is 1.00 bits per heavy atom. The van der Waals surface area contributed by atoms with E-state index in [1.807, 2.05) is 25.1 Å². The number of aromatic nitrogens is 1. The fourth-order valence-electron chi connectivity index (χ4n) is 3.11. The maximum atomic E-state index is 12.5. The second kappa shape index (κ2) is 6.68. The van der Waals surface area contributed by atoms with Gasteiger partial charge in [0.05, 0.1) is 30.0 Å². The molecule has 2 aliphatic rings. The third-order valence-electron chi connectivity index (χ3n) is 4.32. The Bertz CT molecular complexity index is 914. The highest BCUT2D eigenvalue weighted by Gasteiger charge is 2.26. The summed E-state index contributed by atoms with van der Waals surface area (Å²) >= 11 is 0.